The van der Waals surface area contributed by atoms with E-state index in [0.29, 0.717) is 5.88 Å². The fourth-order valence-electron chi connectivity index (χ4n) is 1.13. The van der Waals surface area contributed by atoms with Crippen LogP contribution in [0.1, 0.15) is 34.1 Å². The molecule has 0 aromatic carbocycles. The Kier molecular flexibility index (Phi) is 5.38. The standard InChI is InChI=1S/C10H20ClNO/c1-5-12(8-6-7-11)9(13)10(2,3)4/h5-8H2,1-4H3. The SMILES string of the molecule is CCN(CCCCl)C(=O)C(C)(C)C. The van der Waals surface area contributed by atoms with Gasteiger partial charge in [-0.15, -0.1) is 11.6 Å². The smallest absolute Gasteiger partial charge is 0.227 e. The van der Waals surface area contributed by atoms with Crippen LogP contribution in [-0.2, 0) is 4.79 Å². The van der Waals surface area contributed by atoms with Crippen molar-refractivity contribution in [3.63, 3.8) is 0 Å². The molecular weight excluding hydrogens is 186 g/mol. The Morgan fingerprint density at radius 2 is 1.92 bits per heavy atom. The molecule has 0 aliphatic rings. The van der Waals surface area contributed by atoms with Crippen molar-refractivity contribution in [3.05, 3.63) is 0 Å². The predicted octanol–water partition coefficient (Wildman–Crippen LogP) is 2.51. The summed E-state index contributed by atoms with van der Waals surface area (Å²) >= 11 is 5.58. The molecule has 0 atom stereocenters. The summed E-state index contributed by atoms with van der Waals surface area (Å²) in [6, 6.07) is 0. The summed E-state index contributed by atoms with van der Waals surface area (Å²) in [5, 5.41) is 0. The van der Waals surface area contributed by atoms with Gasteiger partial charge >= 0.3 is 0 Å². The molecule has 0 aliphatic heterocycles. The van der Waals surface area contributed by atoms with Gasteiger partial charge in [0.25, 0.3) is 0 Å². The third-order valence-electron chi connectivity index (χ3n) is 1.87. The molecule has 0 N–H and O–H groups in total. The Bertz CT molecular complexity index is 163. The Balaban J connectivity index is 4.16. The summed E-state index contributed by atoms with van der Waals surface area (Å²) in [5.41, 5.74) is -0.275. The van der Waals surface area contributed by atoms with Gasteiger partial charge in [-0.1, -0.05) is 20.8 Å². The molecule has 3 heteroatoms. The molecule has 0 unspecified atom stereocenters. The van der Waals surface area contributed by atoms with Crippen molar-refractivity contribution in [2.24, 2.45) is 5.41 Å². The van der Waals surface area contributed by atoms with Crippen molar-refractivity contribution < 1.29 is 4.79 Å². The van der Waals surface area contributed by atoms with Gasteiger partial charge < -0.3 is 4.90 Å². The van der Waals surface area contributed by atoms with Gasteiger partial charge in [-0.05, 0) is 13.3 Å². The number of hydrogen-bond acceptors (Lipinski definition) is 1. The Morgan fingerprint density at radius 1 is 1.38 bits per heavy atom. The summed E-state index contributed by atoms with van der Waals surface area (Å²) in [7, 11) is 0. The van der Waals surface area contributed by atoms with E-state index >= 15 is 0 Å². The Morgan fingerprint density at radius 3 is 2.23 bits per heavy atom. The fraction of sp³-hybridized carbons (Fsp3) is 0.900. The Labute approximate surface area is 86.2 Å². The van der Waals surface area contributed by atoms with Gasteiger partial charge in [0.05, 0.1) is 0 Å². The van der Waals surface area contributed by atoms with Crippen LogP contribution in [-0.4, -0.2) is 29.8 Å². The summed E-state index contributed by atoms with van der Waals surface area (Å²) in [4.78, 5) is 13.6. The van der Waals surface area contributed by atoms with Gasteiger partial charge in [-0.25, -0.2) is 0 Å². The second-order valence-corrected chi connectivity index (χ2v) is 4.56. The summed E-state index contributed by atoms with van der Waals surface area (Å²) in [6.45, 7) is 9.37. The summed E-state index contributed by atoms with van der Waals surface area (Å²) in [5.74, 6) is 0.827. The first kappa shape index (κ1) is 12.8. The fourth-order valence-corrected chi connectivity index (χ4v) is 1.25. The second kappa shape index (κ2) is 5.48. The molecule has 2 nitrogen and oxygen atoms in total. The van der Waals surface area contributed by atoms with E-state index in [4.69, 9.17) is 11.6 Å². The minimum absolute atomic E-state index is 0.208. The molecule has 0 bridgehead atoms. The number of hydrogen-bond donors (Lipinski definition) is 0. The molecule has 0 heterocycles. The highest BCUT2D eigenvalue weighted by Crippen LogP contribution is 2.17. The minimum Gasteiger partial charge on any atom is -0.342 e. The average Bonchev–Trinajstić information content (AvgIpc) is 2.04. The van der Waals surface area contributed by atoms with Crippen LogP contribution in [0.4, 0.5) is 0 Å². The van der Waals surface area contributed by atoms with Crippen molar-refractivity contribution in [1.82, 2.24) is 4.90 Å². The zero-order valence-corrected chi connectivity index (χ0v) is 9.82. The molecular formula is C10H20ClNO. The first-order valence-corrected chi connectivity index (χ1v) is 5.32. The van der Waals surface area contributed by atoms with E-state index in [-0.39, 0.29) is 11.3 Å². The maximum Gasteiger partial charge on any atom is 0.227 e. The van der Waals surface area contributed by atoms with E-state index in [9.17, 15) is 4.79 Å². The molecule has 0 rings (SSSR count). The van der Waals surface area contributed by atoms with E-state index in [2.05, 4.69) is 0 Å². The monoisotopic (exact) mass is 205 g/mol. The summed E-state index contributed by atoms with van der Waals surface area (Å²) in [6.07, 6.45) is 0.872. The Hall–Kier alpha value is -0.240. The van der Waals surface area contributed by atoms with Crippen molar-refractivity contribution in [2.45, 2.75) is 34.1 Å². The van der Waals surface area contributed by atoms with E-state index < -0.39 is 0 Å². The van der Waals surface area contributed by atoms with Gasteiger partial charge in [0.1, 0.15) is 0 Å². The average molecular weight is 206 g/mol. The van der Waals surface area contributed by atoms with E-state index in [0.717, 1.165) is 19.5 Å². The molecule has 0 aliphatic carbocycles. The van der Waals surface area contributed by atoms with E-state index in [1.165, 1.54) is 0 Å². The van der Waals surface area contributed by atoms with Gasteiger partial charge in [-0.3, -0.25) is 4.79 Å². The summed E-state index contributed by atoms with van der Waals surface area (Å²) < 4.78 is 0. The molecule has 0 saturated carbocycles. The molecule has 0 aromatic heterocycles. The van der Waals surface area contributed by atoms with Crippen molar-refractivity contribution in [2.75, 3.05) is 19.0 Å². The number of rotatable bonds is 4. The van der Waals surface area contributed by atoms with Crippen molar-refractivity contribution in [3.8, 4) is 0 Å². The maximum atomic E-state index is 11.8. The zero-order valence-electron chi connectivity index (χ0n) is 9.06. The van der Waals surface area contributed by atoms with Crippen molar-refractivity contribution in [1.29, 1.82) is 0 Å². The highest BCUT2D eigenvalue weighted by molar-refractivity contribution is 6.17. The topological polar surface area (TPSA) is 20.3 Å². The normalized spacial score (nSPS) is 11.5. The van der Waals surface area contributed by atoms with Crippen LogP contribution in [0.5, 0.6) is 0 Å². The largest absolute Gasteiger partial charge is 0.342 e. The molecule has 0 saturated heterocycles. The number of carbonyl (C=O) groups is 1. The van der Waals surface area contributed by atoms with Crippen LogP contribution in [0.2, 0.25) is 0 Å². The number of carbonyl (C=O) groups excluding carboxylic acids is 1. The number of halogens is 1. The molecule has 1 amide bonds. The lowest BCUT2D eigenvalue weighted by Gasteiger charge is -2.28. The number of amides is 1. The lowest BCUT2D eigenvalue weighted by atomic mass is 9.94. The van der Waals surface area contributed by atoms with Gasteiger partial charge in [-0.2, -0.15) is 0 Å². The zero-order chi connectivity index (χ0) is 10.5. The van der Waals surface area contributed by atoms with E-state index in [1.54, 1.807) is 0 Å². The predicted molar refractivity (Wildman–Crippen MR) is 57.0 cm³/mol. The highest BCUT2D eigenvalue weighted by Gasteiger charge is 2.25. The van der Waals surface area contributed by atoms with Gasteiger partial charge in [0.15, 0.2) is 0 Å². The molecule has 0 fully saturated rings. The van der Waals surface area contributed by atoms with Crippen LogP contribution in [0.25, 0.3) is 0 Å². The van der Waals surface area contributed by atoms with E-state index in [1.807, 2.05) is 32.6 Å². The van der Waals surface area contributed by atoms with Gasteiger partial charge in [0, 0.05) is 24.4 Å². The lowest BCUT2D eigenvalue weighted by molar-refractivity contribution is -0.139. The quantitative estimate of drug-likeness (QED) is 0.646. The van der Waals surface area contributed by atoms with Crippen LogP contribution < -0.4 is 0 Å². The van der Waals surface area contributed by atoms with Crippen molar-refractivity contribution >= 4 is 17.5 Å². The third-order valence-corrected chi connectivity index (χ3v) is 2.14. The molecule has 13 heavy (non-hydrogen) atoms. The van der Waals surface area contributed by atoms with Crippen LogP contribution in [0, 0.1) is 5.41 Å². The maximum absolute atomic E-state index is 11.8. The van der Waals surface area contributed by atoms with Crippen LogP contribution in [0.3, 0.4) is 0 Å². The second-order valence-electron chi connectivity index (χ2n) is 4.18. The molecule has 0 radical (unpaired) electrons. The van der Waals surface area contributed by atoms with Crippen LogP contribution >= 0.6 is 11.6 Å². The number of alkyl halides is 1. The molecule has 0 aromatic rings. The minimum atomic E-state index is -0.275. The molecule has 0 spiro atoms. The first-order chi connectivity index (χ1) is 5.93. The lowest BCUT2D eigenvalue weighted by Crippen LogP contribution is -2.40. The highest BCUT2D eigenvalue weighted by atomic mass is 35.5. The third kappa shape index (κ3) is 4.51. The first-order valence-electron chi connectivity index (χ1n) is 4.78. The van der Waals surface area contributed by atoms with Crippen LogP contribution in [0.15, 0.2) is 0 Å². The number of nitrogens with zero attached hydrogens (tertiary/aromatic N) is 1. The van der Waals surface area contributed by atoms with Gasteiger partial charge in [0.2, 0.25) is 5.91 Å². The molecule has 78 valence electrons.